The Morgan fingerprint density at radius 1 is 1.10 bits per heavy atom. The average molecular weight is 210 g/mol. The van der Waals surface area contributed by atoms with Gasteiger partial charge in [0.15, 0.2) is 0 Å². The third-order valence-electron chi connectivity index (χ3n) is 1.04. The molecule has 0 aromatic heterocycles. The molecule has 0 fully saturated rings. The van der Waals surface area contributed by atoms with Crippen LogP contribution >= 0.6 is 0 Å². The van der Waals surface area contributed by atoms with Crippen LogP contribution in [0.4, 0.5) is 0 Å². The van der Waals surface area contributed by atoms with Crippen molar-refractivity contribution in [2.75, 3.05) is 0 Å². The fourth-order valence-corrected chi connectivity index (χ4v) is 0.427. The molecule has 0 saturated carbocycles. The Kier molecular flexibility index (Phi) is 7.85. The van der Waals surface area contributed by atoms with Crippen LogP contribution in [0.15, 0.2) is 29.9 Å². The van der Waals surface area contributed by atoms with Gasteiger partial charge in [-0.1, -0.05) is 20.8 Å². The molecule has 0 aliphatic rings. The molecule has 0 unspecified atom stereocenters. The van der Waals surface area contributed by atoms with Crippen LogP contribution in [0.5, 0.6) is 0 Å². The van der Waals surface area contributed by atoms with Gasteiger partial charge >= 0.3 is 0 Å². The maximum atomic E-state index is 3.77. The van der Waals surface area contributed by atoms with Gasteiger partial charge in [-0.05, 0) is 0 Å². The minimum absolute atomic E-state index is 0. The SMILES string of the molecule is C=C(C)[C-]=C(C)C(=C)C.[Y]. The summed E-state index contributed by atoms with van der Waals surface area (Å²) >= 11 is 0. The van der Waals surface area contributed by atoms with E-state index in [-0.39, 0.29) is 32.7 Å². The Morgan fingerprint density at radius 2 is 1.50 bits per heavy atom. The Bertz CT molecular complexity index is 164. The minimum atomic E-state index is 0. The van der Waals surface area contributed by atoms with Gasteiger partial charge in [0.05, 0.1) is 0 Å². The summed E-state index contributed by atoms with van der Waals surface area (Å²) in [5.74, 6) is 0. The van der Waals surface area contributed by atoms with E-state index in [0.29, 0.717) is 0 Å². The smallest absolute Gasteiger partial charge is 0 e. The maximum Gasteiger partial charge on any atom is 0 e. The molecule has 0 bridgehead atoms. The second-order valence-electron chi connectivity index (χ2n) is 2.31. The Morgan fingerprint density at radius 3 is 1.60 bits per heavy atom. The van der Waals surface area contributed by atoms with Crippen molar-refractivity contribution in [3.63, 3.8) is 0 Å². The molecule has 1 heteroatoms. The van der Waals surface area contributed by atoms with E-state index in [1.165, 1.54) is 0 Å². The Labute approximate surface area is 89.0 Å². The Balaban J connectivity index is 0. The molecule has 1 radical (unpaired) electrons. The van der Waals surface area contributed by atoms with Crippen LogP contribution in [0.2, 0.25) is 0 Å². The van der Waals surface area contributed by atoms with Gasteiger partial charge in [-0.2, -0.15) is 36.0 Å². The summed E-state index contributed by atoms with van der Waals surface area (Å²) in [4.78, 5) is 0. The molecule has 0 atom stereocenters. The minimum Gasteiger partial charge on any atom is -0.191 e. The second-order valence-corrected chi connectivity index (χ2v) is 2.31. The zero-order valence-corrected chi connectivity index (χ0v) is 9.83. The standard InChI is InChI=1S/C9H13.Y/c1-7(2)6-9(5)8(3)4;/h1,3H2,2,4-5H3;/q-1;. The molecule has 0 amide bonds. The van der Waals surface area contributed by atoms with Crippen LogP contribution in [-0.2, 0) is 32.7 Å². The van der Waals surface area contributed by atoms with Crippen LogP contribution in [0.25, 0.3) is 0 Å². The molecule has 0 N–H and O–H groups in total. The third kappa shape index (κ3) is 6.44. The average Bonchev–Trinajstić information content (AvgIpc) is 1.63. The van der Waals surface area contributed by atoms with Gasteiger partial charge in [0.25, 0.3) is 0 Å². The molecular formula is C9H13Y-. The zero-order valence-electron chi connectivity index (χ0n) is 6.99. The van der Waals surface area contributed by atoms with E-state index in [4.69, 9.17) is 0 Å². The number of hydrogen-bond donors (Lipinski definition) is 0. The van der Waals surface area contributed by atoms with Crippen LogP contribution in [0.3, 0.4) is 0 Å². The molecule has 0 saturated heterocycles. The van der Waals surface area contributed by atoms with Gasteiger partial charge in [0, 0.05) is 32.7 Å². The predicted molar refractivity (Wildman–Crippen MR) is 42.1 cm³/mol. The number of hydrogen-bond acceptors (Lipinski definition) is 0. The van der Waals surface area contributed by atoms with Crippen LogP contribution in [-0.4, -0.2) is 0 Å². The molecule has 0 aliphatic heterocycles. The third-order valence-corrected chi connectivity index (χ3v) is 1.04. The van der Waals surface area contributed by atoms with Gasteiger partial charge < -0.3 is 0 Å². The summed E-state index contributed by atoms with van der Waals surface area (Å²) in [6, 6.07) is 0. The molecule has 0 heterocycles. The van der Waals surface area contributed by atoms with E-state index >= 15 is 0 Å². The quantitative estimate of drug-likeness (QED) is 0.485. The first-order chi connectivity index (χ1) is 4.04. The van der Waals surface area contributed by atoms with E-state index in [9.17, 15) is 0 Å². The monoisotopic (exact) mass is 210 g/mol. The molecule has 0 aromatic rings. The summed E-state index contributed by atoms with van der Waals surface area (Å²) in [5.41, 5.74) is 3.09. The summed E-state index contributed by atoms with van der Waals surface area (Å²) in [6.07, 6.45) is 3.06. The zero-order chi connectivity index (χ0) is 7.44. The normalized spacial score (nSPS) is 10.1. The first kappa shape index (κ1) is 13.0. The first-order valence-electron chi connectivity index (χ1n) is 2.96. The summed E-state index contributed by atoms with van der Waals surface area (Å²) in [7, 11) is 0. The van der Waals surface area contributed by atoms with Crippen molar-refractivity contribution < 1.29 is 32.7 Å². The maximum absolute atomic E-state index is 3.77. The predicted octanol–water partition coefficient (Wildman–Crippen LogP) is 2.89. The van der Waals surface area contributed by atoms with Crippen molar-refractivity contribution in [2.24, 2.45) is 0 Å². The van der Waals surface area contributed by atoms with Crippen LogP contribution < -0.4 is 0 Å². The summed E-state index contributed by atoms with van der Waals surface area (Å²) < 4.78 is 0. The largest absolute Gasteiger partial charge is 0.191 e. The van der Waals surface area contributed by atoms with Crippen LogP contribution in [0.1, 0.15) is 20.8 Å². The van der Waals surface area contributed by atoms with Gasteiger partial charge in [-0.15, -0.1) is 0 Å². The molecule has 53 valence electrons. The fraction of sp³-hybridized carbons (Fsp3) is 0.333. The van der Waals surface area contributed by atoms with E-state index < -0.39 is 0 Å². The van der Waals surface area contributed by atoms with Crippen molar-refractivity contribution >= 4 is 0 Å². The Hall–Kier alpha value is 0.324. The van der Waals surface area contributed by atoms with Crippen LogP contribution in [0, 0.1) is 6.08 Å². The molecule has 0 aromatic carbocycles. The molecule has 0 spiro atoms. The number of allylic oxidation sites excluding steroid dienone is 4. The van der Waals surface area contributed by atoms with Crippen molar-refractivity contribution in [1.82, 2.24) is 0 Å². The first-order valence-corrected chi connectivity index (χ1v) is 2.96. The number of rotatable bonds is 2. The van der Waals surface area contributed by atoms with Gasteiger partial charge in [-0.3, -0.25) is 0 Å². The van der Waals surface area contributed by atoms with Crippen molar-refractivity contribution in [3.05, 3.63) is 36.0 Å². The van der Waals surface area contributed by atoms with E-state index in [0.717, 1.165) is 16.7 Å². The van der Waals surface area contributed by atoms with Gasteiger partial charge in [0.2, 0.25) is 0 Å². The van der Waals surface area contributed by atoms with E-state index in [1.54, 1.807) is 0 Å². The molecule has 0 nitrogen and oxygen atoms in total. The second kappa shape index (κ2) is 6.06. The topological polar surface area (TPSA) is 0 Å². The van der Waals surface area contributed by atoms with Crippen molar-refractivity contribution in [2.45, 2.75) is 20.8 Å². The van der Waals surface area contributed by atoms with Gasteiger partial charge in [-0.25, -0.2) is 0 Å². The summed E-state index contributed by atoms with van der Waals surface area (Å²) in [6.45, 7) is 13.3. The fourth-order valence-electron chi connectivity index (χ4n) is 0.427. The summed E-state index contributed by atoms with van der Waals surface area (Å²) in [5, 5.41) is 0. The van der Waals surface area contributed by atoms with E-state index in [2.05, 4.69) is 19.2 Å². The van der Waals surface area contributed by atoms with Gasteiger partial charge in [0.1, 0.15) is 0 Å². The van der Waals surface area contributed by atoms with Crippen molar-refractivity contribution in [3.8, 4) is 0 Å². The molecule has 10 heavy (non-hydrogen) atoms. The molecule has 0 rings (SSSR count). The van der Waals surface area contributed by atoms with E-state index in [1.807, 2.05) is 20.8 Å². The van der Waals surface area contributed by atoms with Crippen molar-refractivity contribution in [1.29, 1.82) is 0 Å². The molecular weight excluding hydrogens is 197 g/mol. The molecule has 0 aliphatic carbocycles.